The quantitative estimate of drug-likeness (QED) is 0.851. The van der Waals surface area contributed by atoms with Gasteiger partial charge in [0.25, 0.3) is 0 Å². The summed E-state index contributed by atoms with van der Waals surface area (Å²) in [6.07, 6.45) is 0. The van der Waals surface area contributed by atoms with Gasteiger partial charge in [0.2, 0.25) is 10.0 Å². The minimum atomic E-state index is -3.77. The van der Waals surface area contributed by atoms with E-state index < -0.39 is 10.0 Å². The molecule has 3 rings (SSSR count). The fourth-order valence-electron chi connectivity index (χ4n) is 2.45. The van der Waals surface area contributed by atoms with Crippen LogP contribution in [0, 0.1) is 0 Å². The number of hydrogen-bond acceptors (Lipinski definition) is 3. The maximum atomic E-state index is 12.8. The Balaban J connectivity index is 2.04. The van der Waals surface area contributed by atoms with Crippen LogP contribution in [-0.4, -0.2) is 12.7 Å². The van der Waals surface area contributed by atoms with E-state index >= 15 is 0 Å². The molecule has 2 aromatic rings. The van der Waals surface area contributed by atoms with Crippen molar-refractivity contribution in [3.63, 3.8) is 0 Å². The molecule has 21 heavy (non-hydrogen) atoms. The zero-order chi connectivity index (χ0) is 15.2. The van der Waals surface area contributed by atoms with Gasteiger partial charge < -0.3 is 5.73 Å². The van der Waals surface area contributed by atoms with Crippen molar-refractivity contribution < 1.29 is 8.42 Å². The van der Waals surface area contributed by atoms with Gasteiger partial charge in [0.15, 0.2) is 0 Å². The molecule has 1 heterocycles. The number of nitrogens with two attached hydrogens (primary N) is 1. The third kappa shape index (κ3) is 2.51. The Morgan fingerprint density at radius 2 is 1.62 bits per heavy atom. The molecule has 2 N–H and O–H groups in total. The Bertz CT molecular complexity index is 773. The Kier molecular flexibility index (Phi) is 3.61. The Labute approximate surface area is 133 Å². The smallest absolute Gasteiger partial charge is 0.247 e. The minimum absolute atomic E-state index is 0.0379. The Morgan fingerprint density at radius 1 is 1.05 bits per heavy atom. The lowest BCUT2D eigenvalue weighted by molar-refractivity contribution is 0.432. The molecule has 0 bridgehead atoms. The number of anilines is 1. The van der Waals surface area contributed by atoms with Crippen LogP contribution in [-0.2, 0) is 23.1 Å². The monoisotopic (exact) mass is 342 g/mol. The van der Waals surface area contributed by atoms with Gasteiger partial charge in [-0.05, 0) is 23.3 Å². The lowest BCUT2D eigenvalue weighted by atomic mass is 10.1. The SMILES string of the molecule is Nc1cc(Cl)cc(Cl)c1S(=O)(=O)N1Cc2ccccc2C1. The molecule has 4 nitrogen and oxygen atoms in total. The van der Waals surface area contributed by atoms with Crippen LogP contribution >= 0.6 is 23.2 Å². The van der Waals surface area contributed by atoms with Crippen LogP contribution in [0.25, 0.3) is 0 Å². The zero-order valence-electron chi connectivity index (χ0n) is 10.9. The van der Waals surface area contributed by atoms with Crippen LogP contribution < -0.4 is 5.73 Å². The van der Waals surface area contributed by atoms with Gasteiger partial charge in [0.1, 0.15) is 4.90 Å². The number of nitrogens with zero attached hydrogens (tertiary/aromatic N) is 1. The predicted octanol–water partition coefficient (Wildman–Crippen LogP) is 3.28. The van der Waals surface area contributed by atoms with Gasteiger partial charge in [0.05, 0.1) is 10.7 Å². The molecule has 0 fully saturated rings. The summed E-state index contributed by atoms with van der Waals surface area (Å²) in [6.45, 7) is 0.633. The van der Waals surface area contributed by atoms with E-state index in [-0.39, 0.29) is 15.6 Å². The van der Waals surface area contributed by atoms with Crippen LogP contribution in [0.2, 0.25) is 10.0 Å². The van der Waals surface area contributed by atoms with E-state index in [0.29, 0.717) is 18.1 Å². The van der Waals surface area contributed by atoms with Crippen molar-refractivity contribution in [3.05, 3.63) is 57.6 Å². The number of nitrogen functional groups attached to an aromatic ring is 1. The summed E-state index contributed by atoms with van der Waals surface area (Å²) >= 11 is 11.9. The number of fused-ring (bicyclic) bond motifs is 1. The highest BCUT2D eigenvalue weighted by Crippen LogP contribution is 2.36. The summed E-state index contributed by atoms with van der Waals surface area (Å²) in [7, 11) is -3.77. The van der Waals surface area contributed by atoms with Crippen LogP contribution in [0.15, 0.2) is 41.3 Å². The second-order valence-corrected chi connectivity index (χ2v) is 7.57. The molecular weight excluding hydrogens is 331 g/mol. The van der Waals surface area contributed by atoms with Crippen LogP contribution in [0.3, 0.4) is 0 Å². The molecule has 0 atom stereocenters. The molecule has 0 aliphatic carbocycles. The maximum Gasteiger partial charge on any atom is 0.247 e. The molecule has 0 amide bonds. The molecule has 0 aromatic heterocycles. The first-order valence-electron chi connectivity index (χ1n) is 6.21. The summed E-state index contributed by atoms with van der Waals surface area (Å²) < 4.78 is 26.9. The number of benzene rings is 2. The van der Waals surface area contributed by atoms with Crippen LogP contribution in [0.5, 0.6) is 0 Å². The summed E-state index contributed by atoms with van der Waals surface area (Å²) in [5.74, 6) is 0. The lowest BCUT2D eigenvalue weighted by Crippen LogP contribution is -2.26. The third-order valence-corrected chi connectivity index (χ3v) is 5.98. The van der Waals surface area contributed by atoms with Crippen molar-refractivity contribution >= 4 is 38.9 Å². The van der Waals surface area contributed by atoms with Crippen molar-refractivity contribution in [1.82, 2.24) is 4.31 Å². The van der Waals surface area contributed by atoms with Crippen molar-refractivity contribution in [1.29, 1.82) is 0 Å². The normalized spacial score (nSPS) is 15.1. The molecule has 2 aromatic carbocycles. The van der Waals surface area contributed by atoms with Crippen LogP contribution in [0.1, 0.15) is 11.1 Å². The largest absolute Gasteiger partial charge is 0.398 e. The van der Waals surface area contributed by atoms with Gasteiger partial charge in [-0.1, -0.05) is 47.5 Å². The maximum absolute atomic E-state index is 12.8. The third-order valence-electron chi connectivity index (χ3n) is 3.45. The first kappa shape index (κ1) is 14.7. The minimum Gasteiger partial charge on any atom is -0.398 e. The predicted molar refractivity (Wildman–Crippen MR) is 83.7 cm³/mol. The lowest BCUT2D eigenvalue weighted by Gasteiger charge is -2.18. The van der Waals surface area contributed by atoms with E-state index in [1.807, 2.05) is 24.3 Å². The van der Waals surface area contributed by atoms with Gasteiger partial charge in [-0.3, -0.25) is 0 Å². The molecule has 0 saturated carbocycles. The second kappa shape index (κ2) is 5.18. The van der Waals surface area contributed by atoms with Gasteiger partial charge in [-0.15, -0.1) is 0 Å². The number of halogens is 2. The first-order valence-corrected chi connectivity index (χ1v) is 8.40. The number of sulfonamides is 1. The molecule has 110 valence electrons. The average molecular weight is 343 g/mol. The summed E-state index contributed by atoms with van der Waals surface area (Å²) in [5, 5.41) is 0.345. The summed E-state index contributed by atoms with van der Waals surface area (Å²) in [4.78, 5) is -0.0821. The average Bonchev–Trinajstić information content (AvgIpc) is 2.81. The Hall–Kier alpha value is -1.27. The van der Waals surface area contributed by atoms with E-state index in [0.717, 1.165) is 11.1 Å². The highest BCUT2D eigenvalue weighted by molar-refractivity contribution is 7.89. The van der Waals surface area contributed by atoms with E-state index in [4.69, 9.17) is 28.9 Å². The highest BCUT2D eigenvalue weighted by atomic mass is 35.5. The standard InChI is InChI=1S/C14H12Cl2N2O2S/c15-11-5-12(16)14(13(17)6-11)21(19,20)18-7-9-3-1-2-4-10(9)8-18/h1-6H,7-8,17H2. The molecule has 1 aliphatic rings. The highest BCUT2D eigenvalue weighted by Gasteiger charge is 2.33. The molecule has 0 spiro atoms. The van der Waals surface area contributed by atoms with E-state index in [9.17, 15) is 8.42 Å². The second-order valence-electron chi connectivity index (χ2n) is 4.85. The van der Waals surface area contributed by atoms with E-state index in [1.165, 1.54) is 16.4 Å². The molecule has 7 heteroatoms. The fourth-order valence-corrected chi connectivity index (χ4v) is 4.79. The topological polar surface area (TPSA) is 63.4 Å². The van der Waals surface area contributed by atoms with Gasteiger partial charge >= 0.3 is 0 Å². The zero-order valence-corrected chi connectivity index (χ0v) is 13.2. The molecule has 0 radical (unpaired) electrons. The molecule has 1 aliphatic heterocycles. The van der Waals surface area contributed by atoms with Crippen LogP contribution in [0.4, 0.5) is 5.69 Å². The summed E-state index contributed by atoms with van der Waals surface area (Å²) in [5.41, 5.74) is 7.85. The van der Waals surface area contributed by atoms with Crippen molar-refractivity contribution in [3.8, 4) is 0 Å². The Morgan fingerprint density at radius 3 is 2.14 bits per heavy atom. The van der Waals surface area contributed by atoms with E-state index in [1.54, 1.807) is 0 Å². The number of hydrogen-bond donors (Lipinski definition) is 1. The van der Waals surface area contributed by atoms with Gasteiger partial charge in [-0.2, -0.15) is 4.31 Å². The molecule has 0 saturated heterocycles. The van der Waals surface area contributed by atoms with Gasteiger partial charge in [0, 0.05) is 18.1 Å². The van der Waals surface area contributed by atoms with Crippen molar-refractivity contribution in [2.75, 3.05) is 5.73 Å². The van der Waals surface area contributed by atoms with Gasteiger partial charge in [-0.25, -0.2) is 8.42 Å². The van der Waals surface area contributed by atoms with E-state index in [2.05, 4.69) is 0 Å². The molecular formula is C14H12Cl2N2O2S. The fraction of sp³-hybridized carbons (Fsp3) is 0.143. The van der Waals surface area contributed by atoms with Crippen molar-refractivity contribution in [2.45, 2.75) is 18.0 Å². The molecule has 0 unspecified atom stereocenters. The first-order chi connectivity index (χ1) is 9.89. The number of rotatable bonds is 2. The van der Waals surface area contributed by atoms with Crippen molar-refractivity contribution in [2.24, 2.45) is 0 Å². The summed E-state index contributed by atoms with van der Waals surface area (Å²) in [6, 6.07) is 10.4.